The summed E-state index contributed by atoms with van der Waals surface area (Å²) in [4.78, 5) is 16.2. The summed E-state index contributed by atoms with van der Waals surface area (Å²) in [5, 5.41) is 0. The highest BCUT2D eigenvalue weighted by Gasteiger charge is 2.40. The molecule has 0 N–H and O–H groups in total. The van der Waals surface area contributed by atoms with Crippen LogP contribution in [-0.4, -0.2) is 40.9 Å². The molecule has 2 saturated heterocycles. The first-order valence-corrected chi connectivity index (χ1v) is 6.79. The van der Waals surface area contributed by atoms with Gasteiger partial charge in [-0.3, -0.25) is 9.69 Å². The zero-order valence-electron chi connectivity index (χ0n) is 10.9. The smallest absolute Gasteiger partial charge is 0.220 e. The third-order valence-electron chi connectivity index (χ3n) is 4.17. The van der Waals surface area contributed by atoms with Crippen LogP contribution in [0.1, 0.15) is 25.3 Å². The minimum absolute atomic E-state index is 0.252. The Morgan fingerprint density at radius 3 is 2.33 bits per heavy atom. The summed E-state index contributed by atoms with van der Waals surface area (Å²) in [5.74, 6) is 0.252. The molecule has 3 nitrogen and oxygen atoms in total. The van der Waals surface area contributed by atoms with Crippen LogP contribution in [0, 0.1) is 0 Å². The average molecular weight is 244 g/mol. The van der Waals surface area contributed by atoms with E-state index in [1.807, 2.05) is 0 Å². The van der Waals surface area contributed by atoms with Gasteiger partial charge in [-0.15, -0.1) is 0 Å². The number of hydrogen-bond donors (Lipinski definition) is 0. The topological polar surface area (TPSA) is 23.6 Å². The Bertz CT molecular complexity index is 417. The number of hydrogen-bond acceptors (Lipinski definition) is 2. The quantitative estimate of drug-likeness (QED) is 0.793. The molecular formula is C15H20N2O. The lowest BCUT2D eigenvalue weighted by molar-refractivity contribution is -0.134. The molecule has 0 aromatic heterocycles. The third-order valence-corrected chi connectivity index (χ3v) is 4.17. The average Bonchev–Trinajstić information content (AvgIpc) is 2.63. The second-order valence-corrected chi connectivity index (χ2v) is 5.49. The van der Waals surface area contributed by atoms with Gasteiger partial charge < -0.3 is 4.90 Å². The van der Waals surface area contributed by atoms with Crippen LogP contribution < -0.4 is 0 Å². The van der Waals surface area contributed by atoms with Crippen molar-refractivity contribution in [1.82, 2.24) is 9.80 Å². The Morgan fingerprint density at radius 2 is 1.78 bits per heavy atom. The fourth-order valence-electron chi connectivity index (χ4n) is 3.48. The minimum atomic E-state index is 0.252. The Labute approximate surface area is 108 Å². The van der Waals surface area contributed by atoms with Gasteiger partial charge in [-0.05, 0) is 18.4 Å². The number of amides is 1. The number of rotatable bonds is 2. The Morgan fingerprint density at radius 1 is 1.17 bits per heavy atom. The first-order valence-electron chi connectivity index (χ1n) is 6.79. The predicted molar refractivity (Wildman–Crippen MR) is 71.0 cm³/mol. The second kappa shape index (κ2) is 4.73. The number of carbonyl (C=O) groups is 1. The van der Waals surface area contributed by atoms with Crippen molar-refractivity contribution in [2.75, 3.05) is 13.1 Å². The van der Waals surface area contributed by atoms with E-state index in [0.717, 1.165) is 19.6 Å². The van der Waals surface area contributed by atoms with Gasteiger partial charge in [0, 0.05) is 38.6 Å². The van der Waals surface area contributed by atoms with Crippen LogP contribution in [-0.2, 0) is 11.3 Å². The molecule has 0 spiro atoms. The zero-order chi connectivity index (χ0) is 12.5. The maximum atomic E-state index is 11.6. The lowest BCUT2D eigenvalue weighted by Gasteiger charge is -2.40. The van der Waals surface area contributed by atoms with Crippen LogP contribution in [0.15, 0.2) is 30.3 Å². The molecule has 2 heterocycles. The highest BCUT2D eigenvalue weighted by molar-refractivity contribution is 5.74. The number of benzene rings is 1. The number of piperazine rings is 1. The van der Waals surface area contributed by atoms with E-state index in [1.165, 1.54) is 18.4 Å². The zero-order valence-corrected chi connectivity index (χ0v) is 10.9. The van der Waals surface area contributed by atoms with Crippen molar-refractivity contribution < 1.29 is 4.79 Å². The first kappa shape index (κ1) is 11.7. The molecule has 0 saturated carbocycles. The van der Waals surface area contributed by atoms with Crippen molar-refractivity contribution in [3.05, 3.63) is 35.9 Å². The molecule has 0 radical (unpaired) electrons. The maximum absolute atomic E-state index is 11.6. The standard InChI is InChI=1S/C15H20N2O/c1-12(18)17-14-7-8-15(17)11-16(10-14)9-13-5-3-2-4-6-13/h2-6,14-15H,7-11H2,1H3. The highest BCUT2D eigenvalue weighted by Crippen LogP contribution is 2.30. The largest absolute Gasteiger partial charge is 0.334 e. The number of nitrogens with zero attached hydrogens (tertiary/aromatic N) is 2. The van der Waals surface area contributed by atoms with E-state index in [9.17, 15) is 4.79 Å². The van der Waals surface area contributed by atoms with Crippen LogP contribution in [0.5, 0.6) is 0 Å². The molecule has 1 aromatic carbocycles. The molecule has 3 heteroatoms. The van der Waals surface area contributed by atoms with E-state index in [0.29, 0.717) is 12.1 Å². The summed E-state index contributed by atoms with van der Waals surface area (Å²) in [6, 6.07) is 11.5. The lowest BCUT2D eigenvalue weighted by atomic mass is 10.1. The van der Waals surface area contributed by atoms with Gasteiger partial charge in [0.25, 0.3) is 0 Å². The van der Waals surface area contributed by atoms with Gasteiger partial charge in [0.2, 0.25) is 5.91 Å². The molecule has 2 atom stereocenters. The number of fused-ring (bicyclic) bond motifs is 2. The summed E-state index contributed by atoms with van der Waals surface area (Å²) in [5.41, 5.74) is 1.37. The van der Waals surface area contributed by atoms with Gasteiger partial charge >= 0.3 is 0 Å². The van der Waals surface area contributed by atoms with Crippen molar-refractivity contribution in [1.29, 1.82) is 0 Å². The predicted octanol–water partition coefficient (Wildman–Crippen LogP) is 1.88. The van der Waals surface area contributed by atoms with Crippen LogP contribution in [0.25, 0.3) is 0 Å². The molecule has 96 valence electrons. The lowest BCUT2D eigenvalue weighted by Crippen LogP contribution is -2.54. The molecule has 1 amide bonds. The molecule has 3 rings (SSSR count). The van der Waals surface area contributed by atoms with Crippen molar-refractivity contribution in [3.63, 3.8) is 0 Å². The Balaban J connectivity index is 1.67. The normalized spacial score (nSPS) is 27.5. The van der Waals surface area contributed by atoms with Crippen molar-refractivity contribution in [2.45, 2.75) is 38.4 Å². The van der Waals surface area contributed by atoms with Crippen LogP contribution in [0.4, 0.5) is 0 Å². The summed E-state index contributed by atoms with van der Waals surface area (Å²) in [6.07, 6.45) is 2.35. The van der Waals surface area contributed by atoms with E-state index in [2.05, 4.69) is 40.1 Å². The van der Waals surface area contributed by atoms with Gasteiger partial charge in [0.15, 0.2) is 0 Å². The van der Waals surface area contributed by atoms with E-state index in [1.54, 1.807) is 6.92 Å². The first-order chi connectivity index (χ1) is 8.74. The molecular weight excluding hydrogens is 224 g/mol. The SMILES string of the molecule is CC(=O)N1C2CCC1CN(Cc1ccccc1)C2. The van der Waals surface area contributed by atoms with Gasteiger partial charge in [-0.25, -0.2) is 0 Å². The number of likely N-dealkylation sites (tertiary alicyclic amines) is 1. The fraction of sp³-hybridized carbons (Fsp3) is 0.533. The van der Waals surface area contributed by atoms with Crippen molar-refractivity contribution in [2.24, 2.45) is 0 Å². The summed E-state index contributed by atoms with van der Waals surface area (Å²) < 4.78 is 0. The van der Waals surface area contributed by atoms with E-state index in [4.69, 9.17) is 0 Å². The van der Waals surface area contributed by atoms with E-state index in [-0.39, 0.29) is 5.91 Å². The highest BCUT2D eigenvalue weighted by atomic mass is 16.2. The molecule has 18 heavy (non-hydrogen) atoms. The van der Waals surface area contributed by atoms with Gasteiger partial charge in [0.05, 0.1) is 0 Å². The monoisotopic (exact) mass is 244 g/mol. The molecule has 2 bridgehead atoms. The molecule has 2 unspecified atom stereocenters. The maximum Gasteiger partial charge on any atom is 0.220 e. The molecule has 0 aliphatic carbocycles. The minimum Gasteiger partial charge on any atom is -0.334 e. The van der Waals surface area contributed by atoms with Gasteiger partial charge in [0.1, 0.15) is 0 Å². The van der Waals surface area contributed by atoms with Crippen LogP contribution in [0.2, 0.25) is 0 Å². The second-order valence-electron chi connectivity index (χ2n) is 5.49. The van der Waals surface area contributed by atoms with Crippen LogP contribution in [0.3, 0.4) is 0 Å². The summed E-state index contributed by atoms with van der Waals surface area (Å²) >= 11 is 0. The van der Waals surface area contributed by atoms with Gasteiger partial charge in [-0.2, -0.15) is 0 Å². The van der Waals surface area contributed by atoms with Crippen molar-refractivity contribution >= 4 is 5.91 Å². The van der Waals surface area contributed by atoms with E-state index >= 15 is 0 Å². The van der Waals surface area contributed by atoms with Crippen LogP contribution >= 0.6 is 0 Å². The summed E-state index contributed by atoms with van der Waals surface area (Å²) in [6.45, 7) is 4.79. The molecule has 1 aromatic rings. The van der Waals surface area contributed by atoms with Gasteiger partial charge in [-0.1, -0.05) is 30.3 Å². The van der Waals surface area contributed by atoms with Crippen molar-refractivity contribution in [3.8, 4) is 0 Å². The third kappa shape index (κ3) is 2.15. The number of carbonyl (C=O) groups excluding carboxylic acids is 1. The Kier molecular flexibility index (Phi) is 3.08. The molecule has 2 fully saturated rings. The summed E-state index contributed by atoms with van der Waals surface area (Å²) in [7, 11) is 0. The molecule has 2 aliphatic heterocycles. The molecule has 2 aliphatic rings. The Hall–Kier alpha value is -1.35. The van der Waals surface area contributed by atoms with E-state index < -0.39 is 0 Å². The fourth-order valence-corrected chi connectivity index (χ4v) is 3.48.